The van der Waals surface area contributed by atoms with Gasteiger partial charge in [0.2, 0.25) is 0 Å². The molecule has 2 N–H and O–H groups in total. The van der Waals surface area contributed by atoms with Crippen molar-refractivity contribution in [2.75, 3.05) is 5.73 Å². The predicted octanol–water partition coefficient (Wildman–Crippen LogP) is 4.12. The number of anilines is 1. The number of rotatable bonds is 2. The van der Waals surface area contributed by atoms with Crippen LogP contribution in [-0.4, -0.2) is 4.98 Å². The van der Waals surface area contributed by atoms with Crippen LogP contribution in [0.25, 0.3) is 11.1 Å². The van der Waals surface area contributed by atoms with Crippen molar-refractivity contribution < 1.29 is 4.42 Å². The van der Waals surface area contributed by atoms with Crippen molar-refractivity contribution in [2.24, 2.45) is 5.41 Å². The molecule has 0 saturated carbocycles. The topological polar surface area (TPSA) is 52.0 Å². The fourth-order valence-electron chi connectivity index (χ4n) is 1.99. The molecule has 0 aliphatic heterocycles. The quantitative estimate of drug-likeness (QED) is 0.811. The van der Waals surface area contributed by atoms with Gasteiger partial charge >= 0.3 is 0 Å². The third-order valence-electron chi connectivity index (χ3n) is 2.93. The van der Waals surface area contributed by atoms with Crippen LogP contribution in [0, 0.1) is 5.41 Å². The number of nitrogen functional groups attached to an aromatic ring is 1. The molecule has 98 valence electrons. The van der Waals surface area contributed by atoms with Crippen molar-refractivity contribution in [3.63, 3.8) is 0 Å². The summed E-state index contributed by atoms with van der Waals surface area (Å²) in [6.45, 7) is 10.8. The summed E-state index contributed by atoms with van der Waals surface area (Å²) in [4.78, 5) is 4.56. The third-order valence-corrected chi connectivity index (χ3v) is 2.93. The smallest absolute Gasteiger partial charge is 0.196 e. The van der Waals surface area contributed by atoms with E-state index < -0.39 is 0 Å². The molecule has 2 aromatic rings. The first-order valence-electron chi connectivity index (χ1n) is 6.45. The van der Waals surface area contributed by atoms with E-state index >= 15 is 0 Å². The SMILES string of the molecule is CC(C)c1cc(N)c2oc(CC(C)(C)C)nc2c1. The Morgan fingerprint density at radius 1 is 1.28 bits per heavy atom. The lowest BCUT2D eigenvalue weighted by Gasteiger charge is -2.14. The third kappa shape index (κ3) is 2.66. The maximum atomic E-state index is 6.04. The van der Waals surface area contributed by atoms with Gasteiger partial charge in [0, 0.05) is 6.42 Å². The highest BCUT2D eigenvalue weighted by Crippen LogP contribution is 2.29. The van der Waals surface area contributed by atoms with Crippen LogP contribution in [0.3, 0.4) is 0 Å². The summed E-state index contributed by atoms with van der Waals surface area (Å²) >= 11 is 0. The molecule has 0 fully saturated rings. The van der Waals surface area contributed by atoms with Crippen molar-refractivity contribution in [3.8, 4) is 0 Å². The van der Waals surface area contributed by atoms with Crippen LogP contribution in [0.2, 0.25) is 0 Å². The first-order chi connectivity index (χ1) is 8.26. The summed E-state index contributed by atoms with van der Waals surface area (Å²) < 4.78 is 5.77. The van der Waals surface area contributed by atoms with Gasteiger partial charge < -0.3 is 10.2 Å². The van der Waals surface area contributed by atoms with Gasteiger partial charge in [0.15, 0.2) is 11.5 Å². The maximum absolute atomic E-state index is 6.04. The fraction of sp³-hybridized carbons (Fsp3) is 0.533. The van der Waals surface area contributed by atoms with Crippen molar-refractivity contribution >= 4 is 16.8 Å². The standard InChI is InChI=1S/C15H22N2O/c1-9(2)10-6-11(16)14-12(7-10)17-13(18-14)8-15(3,4)5/h6-7,9H,8,16H2,1-5H3. The molecular weight excluding hydrogens is 224 g/mol. The minimum Gasteiger partial charge on any atom is -0.438 e. The molecule has 0 amide bonds. The summed E-state index contributed by atoms with van der Waals surface area (Å²) in [6, 6.07) is 4.06. The largest absolute Gasteiger partial charge is 0.438 e. The van der Waals surface area contributed by atoms with Gasteiger partial charge in [-0.05, 0) is 29.0 Å². The molecule has 0 atom stereocenters. The van der Waals surface area contributed by atoms with Crippen molar-refractivity contribution in [1.82, 2.24) is 4.98 Å². The Bertz CT molecular complexity index is 562. The second-order valence-corrected chi connectivity index (χ2v) is 6.46. The molecule has 0 unspecified atom stereocenters. The molecule has 1 aromatic heterocycles. The average molecular weight is 246 g/mol. The zero-order chi connectivity index (χ0) is 13.5. The minimum atomic E-state index is 0.163. The normalized spacial score (nSPS) is 12.6. The number of hydrogen-bond acceptors (Lipinski definition) is 3. The molecule has 3 heteroatoms. The molecule has 0 bridgehead atoms. The zero-order valence-corrected chi connectivity index (χ0v) is 11.9. The number of aromatic nitrogens is 1. The fourth-order valence-corrected chi connectivity index (χ4v) is 1.99. The Morgan fingerprint density at radius 2 is 1.94 bits per heavy atom. The molecule has 0 saturated heterocycles. The van der Waals surface area contributed by atoms with Crippen molar-refractivity contribution in [1.29, 1.82) is 0 Å². The predicted molar refractivity (Wildman–Crippen MR) is 75.7 cm³/mol. The van der Waals surface area contributed by atoms with E-state index in [0.717, 1.165) is 23.4 Å². The molecule has 0 aliphatic carbocycles. The van der Waals surface area contributed by atoms with E-state index in [0.29, 0.717) is 11.6 Å². The van der Waals surface area contributed by atoms with Gasteiger partial charge in [-0.3, -0.25) is 0 Å². The number of hydrogen-bond donors (Lipinski definition) is 1. The van der Waals surface area contributed by atoms with Gasteiger partial charge in [-0.15, -0.1) is 0 Å². The number of nitrogens with two attached hydrogens (primary N) is 1. The van der Waals surface area contributed by atoms with E-state index in [1.807, 2.05) is 6.07 Å². The Balaban J connectivity index is 2.48. The maximum Gasteiger partial charge on any atom is 0.196 e. The van der Waals surface area contributed by atoms with Crippen LogP contribution >= 0.6 is 0 Å². The van der Waals surface area contributed by atoms with Crippen LogP contribution < -0.4 is 5.73 Å². The zero-order valence-electron chi connectivity index (χ0n) is 11.9. The van der Waals surface area contributed by atoms with E-state index in [2.05, 4.69) is 45.7 Å². The van der Waals surface area contributed by atoms with Gasteiger partial charge in [-0.25, -0.2) is 4.98 Å². The summed E-state index contributed by atoms with van der Waals surface area (Å²) in [5.41, 5.74) is 9.68. The van der Waals surface area contributed by atoms with Gasteiger partial charge in [0.1, 0.15) is 5.52 Å². The lowest BCUT2D eigenvalue weighted by atomic mass is 9.92. The van der Waals surface area contributed by atoms with E-state index in [1.165, 1.54) is 5.56 Å². The molecular formula is C15H22N2O. The van der Waals surface area contributed by atoms with Crippen molar-refractivity contribution in [3.05, 3.63) is 23.6 Å². The van der Waals surface area contributed by atoms with Crippen LogP contribution in [0.15, 0.2) is 16.5 Å². The second kappa shape index (κ2) is 4.30. The first kappa shape index (κ1) is 12.9. The van der Waals surface area contributed by atoms with Crippen LogP contribution in [0.5, 0.6) is 0 Å². The monoisotopic (exact) mass is 246 g/mol. The first-order valence-corrected chi connectivity index (χ1v) is 6.45. The summed E-state index contributed by atoms with van der Waals surface area (Å²) in [7, 11) is 0. The van der Waals surface area contributed by atoms with Gasteiger partial charge in [0.25, 0.3) is 0 Å². The highest BCUT2D eigenvalue weighted by atomic mass is 16.3. The number of nitrogens with zero attached hydrogens (tertiary/aromatic N) is 1. The molecule has 1 aromatic carbocycles. The summed E-state index contributed by atoms with van der Waals surface area (Å²) in [5, 5.41) is 0. The Kier molecular flexibility index (Phi) is 3.09. The lowest BCUT2D eigenvalue weighted by molar-refractivity contribution is 0.362. The molecule has 0 spiro atoms. The Morgan fingerprint density at radius 3 is 2.50 bits per heavy atom. The van der Waals surface area contributed by atoms with Crippen LogP contribution in [0.4, 0.5) is 5.69 Å². The highest BCUT2D eigenvalue weighted by molar-refractivity contribution is 5.85. The van der Waals surface area contributed by atoms with E-state index in [9.17, 15) is 0 Å². The summed E-state index contributed by atoms with van der Waals surface area (Å²) in [6.07, 6.45) is 0.818. The number of fused-ring (bicyclic) bond motifs is 1. The number of oxazole rings is 1. The van der Waals surface area contributed by atoms with Crippen LogP contribution in [-0.2, 0) is 6.42 Å². The van der Waals surface area contributed by atoms with E-state index in [4.69, 9.17) is 10.2 Å². The molecule has 0 aliphatic rings. The molecule has 18 heavy (non-hydrogen) atoms. The van der Waals surface area contributed by atoms with Gasteiger partial charge in [-0.2, -0.15) is 0 Å². The van der Waals surface area contributed by atoms with E-state index in [1.54, 1.807) is 0 Å². The Labute approximate surface area is 108 Å². The van der Waals surface area contributed by atoms with Gasteiger partial charge in [-0.1, -0.05) is 34.6 Å². The summed E-state index contributed by atoms with van der Waals surface area (Å²) in [5.74, 6) is 1.21. The highest BCUT2D eigenvalue weighted by Gasteiger charge is 2.17. The average Bonchev–Trinajstić information content (AvgIpc) is 2.57. The minimum absolute atomic E-state index is 0.163. The lowest BCUT2D eigenvalue weighted by Crippen LogP contribution is -2.09. The molecule has 2 rings (SSSR count). The van der Waals surface area contributed by atoms with Crippen molar-refractivity contribution in [2.45, 2.75) is 47.0 Å². The molecule has 3 nitrogen and oxygen atoms in total. The molecule has 0 radical (unpaired) electrons. The van der Waals surface area contributed by atoms with Crippen LogP contribution in [0.1, 0.15) is 52.0 Å². The Hall–Kier alpha value is -1.51. The molecule has 1 heterocycles. The van der Waals surface area contributed by atoms with Gasteiger partial charge in [0.05, 0.1) is 5.69 Å². The second-order valence-electron chi connectivity index (χ2n) is 6.46. The van der Waals surface area contributed by atoms with E-state index in [-0.39, 0.29) is 5.41 Å². The number of benzene rings is 1.